The van der Waals surface area contributed by atoms with Crippen LogP contribution in [0.3, 0.4) is 0 Å². The summed E-state index contributed by atoms with van der Waals surface area (Å²) in [6.45, 7) is 1.67. The van der Waals surface area contributed by atoms with Crippen LogP contribution in [0.1, 0.15) is 18.4 Å². The van der Waals surface area contributed by atoms with E-state index in [1.54, 1.807) is 17.8 Å². The van der Waals surface area contributed by atoms with Crippen LogP contribution in [-0.4, -0.2) is 20.9 Å². The van der Waals surface area contributed by atoms with Gasteiger partial charge in [-0.2, -0.15) is 5.10 Å². The topological polar surface area (TPSA) is 55.1 Å². The van der Waals surface area contributed by atoms with E-state index in [0.29, 0.717) is 0 Å². The third-order valence-corrected chi connectivity index (χ3v) is 2.53. The molecule has 0 spiro atoms. The number of carboxylic acids is 1. The van der Waals surface area contributed by atoms with Crippen molar-refractivity contribution in [2.75, 3.05) is 0 Å². The highest BCUT2D eigenvalue weighted by Gasteiger charge is 2.12. The van der Waals surface area contributed by atoms with Gasteiger partial charge in [-0.3, -0.25) is 4.79 Å². The van der Waals surface area contributed by atoms with Gasteiger partial charge in [-0.1, -0.05) is 12.1 Å². The minimum absolute atomic E-state index is 0.480. The lowest BCUT2D eigenvalue weighted by molar-refractivity contribution is -0.138. The Morgan fingerprint density at radius 2 is 2.06 bits per heavy atom. The summed E-state index contributed by atoms with van der Waals surface area (Å²) in [4.78, 5) is 10.8. The van der Waals surface area contributed by atoms with Gasteiger partial charge in [0.15, 0.2) is 0 Å². The monoisotopic (exact) mass is 216 g/mol. The van der Waals surface area contributed by atoms with Crippen molar-refractivity contribution < 1.29 is 9.90 Å². The maximum absolute atomic E-state index is 10.8. The van der Waals surface area contributed by atoms with Crippen LogP contribution in [0.2, 0.25) is 0 Å². The van der Waals surface area contributed by atoms with Gasteiger partial charge >= 0.3 is 5.97 Å². The molecular weight excluding hydrogens is 204 g/mol. The van der Waals surface area contributed by atoms with Crippen molar-refractivity contribution in [3.05, 3.63) is 48.3 Å². The van der Waals surface area contributed by atoms with Gasteiger partial charge in [0.2, 0.25) is 0 Å². The van der Waals surface area contributed by atoms with Crippen molar-refractivity contribution >= 4 is 5.97 Å². The summed E-state index contributed by atoms with van der Waals surface area (Å²) in [7, 11) is 0. The quantitative estimate of drug-likeness (QED) is 0.854. The average molecular weight is 216 g/mol. The Balaban J connectivity index is 2.26. The van der Waals surface area contributed by atoms with E-state index in [-0.39, 0.29) is 0 Å². The minimum atomic E-state index is -0.813. The van der Waals surface area contributed by atoms with Gasteiger partial charge in [0.05, 0.1) is 11.6 Å². The van der Waals surface area contributed by atoms with Crippen LogP contribution in [0.5, 0.6) is 0 Å². The second-order valence-electron chi connectivity index (χ2n) is 3.60. The molecule has 82 valence electrons. The molecule has 2 rings (SSSR count). The molecule has 1 unspecified atom stereocenters. The zero-order valence-electron chi connectivity index (χ0n) is 8.87. The van der Waals surface area contributed by atoms with Gasteiger partial charge in [-0.05, 0) is 30.7 Å². The molecule has 0 aliphatic heterocycles. The minimum Gasteiger partial charge on any atom is -0.481 e. The molecule has 0 radical (unpaired) electrons. The average Bonchev–Trinajstić information content (AvgIpc) is 2.81. The second kappa shape index (κ2) is 4.18. The van der Waals surface area contributed by atoms with Gasteiger partial charge in [0.25, 0.3) is 0 Å². The molecule has 1 N–H and O–H groups in total. The highest BCUT2D eigenvalue weighted by molar-refractivity contribution is 5.75. The van der Waals surface area contributed by atoms with E-state index in [1.165, 1.54) is 0 Å². The third kappa shape index (κ3) is 1.95. The summed E-state index contributed by atoms with van der Waals surface area (Å²) in [5.41, 5.74) is 1.72. The molecule has 1 atom stereocenters. The molecule has 1 heterocycles. The Morgan fingerprint density at radius 3 is 2.56 bits per heavy atom. The van der Waals surface area contributed by atoms with E-state index in [4.69, 9.17) is 5.11 Å². The van der Waals surface area contributed by atoms with Crippen LogP contribution in [0.25, 0.3) is 5.69 Å². The normalized spacial score (nSPS) is 12.3. The van der Waals surface area contributed by atoms with Crippen LogP contribution in [-0.2, 0) is 4.79 Å². The Labute approximate surface area is 93.1 Å². The molecule has 1 aromatic carbocycles. The zero-order valence-corrected chi connectivity index (χ0v) is 8.87. The van der Waals surface area contributed by atoms with Crippen molar-refractivity contribution in [1.29, 1.82) is 0 Å². The molecule has 0 fully saturated rings. The predicted octanol–water partition coefficient (Wildman–Crippen LogP) is 2.06. The van der Waals surface area contributed by atoms with Crippen molar-refractivity contribution in [3.8, 4) is 5.69 Å². The lowest BCUT2D eigenvalue weighted by Crippen LogP contribution is -2.07. The summed E-state index contributed by atoms with van der Waals surface area (Å²) in [6.07, 6.45) is 3.55. The fraction of sp³-hybridized carbons (Fsp3) is 0.167. The fourth-order valence-electron chi connectivity index (χ4n) is 1.48. The molecule has 0 saturated carbocycles. The Hall–Kier alpha value is -2.10. The van der Waals surface area contributed by atoms with E-state index in [1.807, 2.05) is 36.5 Å². The smallest absolute Gasteiger partial charge is 0.310 e. The molecule has 16 heavy (non-hydrogen) atoms. The number of aliphatic carboxylic acids is 1. The molecule has 0 aliphatic carbocycles. The van der Waals surface area contributed by atoms with Crippen molar-refractivity contribution in [3.63, 3.8) is 0 Å². The Kier molecular flexibility index (Phi) is 2.72. The summed E-state index contributed by atoms with van der Waals surface area (Å²) in [5.74, 6) is -1.29. The number of carbonyl (C=O) groups is 1. The van der Waals surface area contributed by atoms with E-state index in [9.17, 15) is 4.79 Å². The van der Waals surface area contributed by atoms with Crippen molar-refractivity contribution in [2.45, 2.75) is 12.8 Å². The van der Waals surface area contributed by atoms with E-state index < -0.39 is 11.9 Å². The summed E-state index contributed by atoms with van der Waals surface area (Å²) >= 11 is 0. The molecule has 0 saturated heterocycles. The maximum Gasteiger partial charge on any atom is 0.310 e. The fourth-order valence-corrected chi connectivity index (χ4v) is 1.48. The largest absolute Gasteiger partial charge is 0.481 e. The molecule has 4 heteroatoms. The molecular formula is C12H12N2O2. The van der Waals surface area contributed by atoms with E-state index >= 15 is 0 Å². The molecule has 0 bridgehead atoms. The van der Waals surface area contributed by atoms with Gasteiger partial charge < -0.3 is 5.11 Å². The summed E-state index contributed by atoms with van der Waals surface area (Å²) in [6, 6.07) is 9.20. The first kappa shape index (κ1) is 10.4. The first-order chi connectivity index (χ1) is 7.68. The van der Waals surface area contributed by atoms with E-state index in [0.717, 1.165) is 11.3 Å². The SMILES string of the molecule is CC(C(=O)O)c1ccc(-n2cccn2)cc1. The number of benzene rings is 1. The third-order valence-electron chi connectivity index (χ3n) is 2.53. The number of nitrogens with zero attached hydrogens (tertiary/aromatic N) is 2. The first-order valence-corrected chi connectivity index (χ1v) is 5.01. The second-order valence-corrected chi connectivity index (χ2v) is 3.60. The first-order valence-electron chi connectivity index (χ1n) is 5.01. The van der Waals surface area contributed by atoms with Crippen LogP contribution >= 0.6 is 0 Å². The lowest BCUT2D eigenvalue weighted by Gasteiger charge is -2.07. The van der Waals surface area contributed by atoms with Gasteiger partial charge in [0, 0.05) is 12.4 Å². The highest BCUT2D eigenvalue weighted by atomic mass is 16.4. The zero-order chi connectivity index (χ0) is 11.5. The van der Waals surface area contributed by atoms with Crippen LogP contribution in [0.15, 0.2) is 42.7 Å². The van der Waals surface area contributed by atoms with Gasteiger partial charge in [-0.25, -0.2) is 4.68 Å². The van der Waals surface area contributed by atoms with Gasteiger partial charge in [-0.15, -0.1) is 0 Å². The number of hydrogen-bond acceptors (Lipinski definition) is 2. The van der Waals surface area contributed by atoms with Crippen LogP contribution in [0.4, 0.5) is 0 Å². The predicted molar refractivity (Wildman–Crippen MR) is 59.6 cm³/mol. The molecule has 0 aliphatic rings. The number of rotatable bonds is 3. The standard InChI is InChI=1S/C12H12N2O2/c1-9(12(15)16)10-3-5-11(6-4-10)14-8-2-7-13-14/h2-9H,1H3,(H,15,16). The lowest BCUT2D eigenvalue weighted by atomic mass is 10.0. The van der Waals surface area contributed by atoms with E-state index in [2.05, 4.69) is 5.10 Å². The number of aromatic nitrogens is 2. The van der Waals surface area contributed by atoms with Gasteiger partial charge in [0.1, 0.15) is 0 Å². The molecule has 4 nitrogen and oxygen atoms in total. The van der Waals surface area contributed by atoms with Crippen LogP contribution < -0.4 is 0 Å². The molecule has 0 amide bonds. The highest BCUT2D eigenvalue weighted by Crippen LogP contribution is 2.17. The Bertz CT molecular complexity index is 474. The van der Waals surface area contributed by atoms with Crippen LogP contribution in [0, 0.1) is 0 Å². The number of hydrogen-bond donors (Lipinski definition) is 1. The Morgan fingerprint density at radius 1 is 1.38 bits per heavy atom. The molecule has 2 aromatic rings. The summed E-state index contributed by atoms with van der Waals surface area (Å²) in [5, 5.41) is 13.0. The molecule has 1 aromatic heterocycles. The van der Waals surface area contributed by atoms with Crippen molar-refractivity contribution in [1.82, 2.24) is 9.78 Å². The van der Waals surface area contributed by atoms with Crippen molar-refractivity contribution in [2.24, 2.45) is 0 Å². The maximum atomic E-state index is 10.8. The summed E-state index contributed by atoms with van der Waals surface area (Å²) < 4.78 is 1.73. The number of carboxylic acid groups (broad SMARTS) is 1.